The standard InChI is InChI=1S/C51H35NS/c1-50(2)40-26-25-34(47-29-35(32-15-5-3-6-16-32)28-46(52-47)33-17-7-4-8-18-33)27-38(40)39-30-45-49(31-44(39)50)53-48-24-14-13-23-43(48)51(45)41-21-11-9-19-36(41)37-20-10-12-22-42(37)51/h3-31H,1-2H3. The van der Waals surface area contributed by atoms with Crippen LogP contribution in [-0.2, 0) is 10.8 Å². The molecule has 1 nitrogen and oxygen atoms in total. The van der Waals surface area contributed by atoms with Crippen LogP contribution in [0.2, 0.25) is 0 Å². The van der Waals surface area contributed by atoms with Gasteiger partial charge in [-0.2, -0.15) is 0 Å². The van der Waals surface area contributed by atoms with Gasteiger partial charge in [0.1, 0.15) is 0 Å². The lowest BCUT2D eigenvalue weighted by Crippen LogP contribution is -2.32. The second-order valence-corrected chi connectivity index (χ2v) is 16.2. The highest BCUT2D eigenvalue weighted by Gasteiger charge is 2.51. The van der Waals surface area contributed by atoms with Crippen molar-refractivity contribution >= 4 is 11.8 Å². The average Bonchev–Trinajstić information content (AvgIpc) is 3.63. The van der Waals surface area contributed by atoms with E-state index in [2.05, 4.69) is 190 Å². The molecule has 8 aromatic rings. The van der Waals surface area contributed by atoms with E-state index < -0.39 is 5.41 Å². The molecule has 1 spiro atoms. The quantitative estimate of drug-likeness (QED) is 0.183. The van der Waals surface area contributed by atoms with Gasteiger partial charge in [-0.3, -0.25) is 0 Å². The summed E-state index contributed by atoms with van der Waals surface area (Å²) in [7, 11) is 0. The summed E-state index contributed by atoms with van der Waals surface area (Å²) in [6.07, 6.45) is 0. The van der Waals surface area contributed by atoms with Gasteiger partial charge in [0.2, 0.25) is 0 Å². The molecule has 1 aliphatic heterocycles. The summed E-state index contributed by atoms with van der Waals surface area (Å²) < 4.78 is 0. The first-order valence-electron chi connectivity index (χ1n) is 18.5. The molecule has 250 valence electrons. The number of fused-ring (bicyclic) bond motifs is 12. The molecule has 0 radical (unpaired) electrons. The van der Waals surface area contributed by atoms with Gasteiger partial charge in [0.05, 0.1) is 16.8 Å². The number of pyridine rings is 1. The minimum absolute atomic E-state index is 0.150. The van der Waals surface area contributed by atoms with Crippen LogP contribution in [0.25, 0.3) is 55.9 Å². The SMILES string of the molecule is CC1(C)c2ccc(-c3cc(-c4ccccc4)cc(-c4ccccc4)n3)cc2-c2cc3c(cc21)Sc1ccccc1C31c2ccccc2-c2ccccc21. The van der Waals surface area contributed by atoms with Crippen LogP contribution in [0, 0.1) is 0 Å². The van der Waals surface area contributed by atoms with Crippen molar-refractivity contribution < 1.29 is 0 Å². The molecule has 53 heavy (non-hydrogen) atoms. The molecule has 0 saturated carbocycles. The Kier molecular flexibility index (Phi) is 6.52. The van der Waals surface area contributed by atoms with E-state index in [1.165, 1.54) is 76.6 Å². The van der Waals surface area contributed by atoms with Crippen LogP contribution >= 0.6 is 11.8 Å². The smallest absolute Gasteiger partial charge is 0.0735 e. The maximum Gasteiger partial charge on any atom is 0.0735 e. The zero-order chi connectivity index (χ0) is 35.3. The van der Waals surface area contributed by atoms with E-state index in [4.69, 9.17) is 4.98 Å². The maximum atomic E-state index is 5.32. The fourth-order valence-electron chi connectivity index (χ4n) is 9.49. The van der Waals surface area contributed by atoms with Crippen molar-refractivity contribution in [3.8, 4) is 55.9 Å². The third-order valence-electron chi connectivity index (χ3n) is 11.9. The molecule has 2 heteroatoms. The first kappa shape index (κ1) is 30.6. The minimum atomic E-state index is -0.403. The summed E-state index contributed by atoms with van der Waals surface area (Å²) >= 11 is 1.93. The van der Waals surface area contributed by atoms with Gasteiger partial charge in [-0.05, 0) is 103 Å². The summed E-state index contributed by atoms with van der Waals surface area (Å²) in [6, 6.07) is 65.1. The van der Waals surface area contributed by atoms with Crippen molar-refractivity contribution in [2.24, 2.45) is 0 Å². The first-order chi connectivity index (χ1) is 26.0. The van der Waals surface area contributed by atoms with Crippen LogP contribution in [0.15, 0.2) is 186 Å². The Morgan fingerprint density at radius 2 is 0.925 bits per heavy atom. The van der Waals surface area contributed by atoms with Gasteiger partial charge in [0.25, 0.3) is 0 Å². The summed E-state index contributed by atoms with van der Waals surface area (Å²) in [5, 5.41) is 0. The Balaban J connectivity index is 1.15. The molecule has 0 unspecified atom stereocenters. The van der Waals surface area contributed by atoms with Crippen molar-refractivity contribution in [2.75, 3.05) is 0 Å². The van der Waals surface area contributed by atoms with E-state index in [-0.39, 0.29) is 5.41 Å². The number of hydrogen-bond donors (Lipinski definition) is 0. The molecule has 2 heterocycles. The van der Waals surface area contributed by atoms with E-state index in [1.54, 1.807) is 0 Å². The number of benzene rings is 7. The minimum Gasteiger partial charge on any atom is -0.248 e. The molecule has 11 rings (SSSR count). The topological polar surface area (TPSA) is 12.9 Å². The van der Waals surface area contributed by atoms with Crippen LogP contribution in [0.5, 0.6) is 0 Å². The maximum absolute atomic E-state index is 5.32. The zero-order valence-corrected chi connectivity index (χ0v) is 30.4. The van der Waals surface area contributed by atoms with Gasteiger partial charge in [0.15, 0.2) is 0 Å². The van der Waals surface area contributed by atoms with Crippen molar-refractivity contribution in [1.29, 1.82) is 0 Å². The Morgan fingerprint density at radius 3 is 1.62 bits per heavy atom. The molecular formula is C51H35NS. The number of aromatic nitrogens is 1. The number of hydrogen-bond acceptors (Lipinski definition) is 2. The molecule has 7 aromatic carbocycles. The molecule has 0 amide bonds. The Bertz CT molecular complexity index is 2670. The lowest BCUT2D eigenvalue weighted by Gasteiger charge is -2.40. The molecule has 0 saturated heterocycles. The highest BCUT2D eigenvalue weighted by molar-refractivity contribution is 7.99. The second kappa shape index (κ2) is 11.3. The summed E-state index contributed by atoms with van der Waals surface area (Å²) in [4.78, 5) is 8.00. The van der Waals surface area contributed by atoms with Crippen LogP contribution < -0.4 is 0 Å². The molecule has 1 aromatic heterocycles. The van der Waals surface area contributed by atoms with Crippen LogP contribution in [-0.4, -0.2) is 4.98 Å². The molecule has 0 atom stereocenters. The predicted molar refractivity (Wildman–Crippen MR) is 220 cm³/mol. The monoisotopic (exact) mass is 693 g/mol. The van der Waals surface area contributed by atoms with Crippen LogP contribution in [0.4, 0.5) is 0 Å². The van der Waals surface area contributed by atoms with Crippen LogP contribution in [0.3, 0.4) is 0 Å². The van der Waals surface area contributed by atoms with E-state index in [0.29, 0.717) is 0 Å². The van der Waals surface area contributed by atoms with Gasteiger partial charge in [0, 0.05) is 26.3 Å². The fraction of sp³-hybridized carbons (Fsp3) is 0.0784. The lowest BCUT2D eigenvalue weighted by atomic mass is 9.66. The molecule has 0 bridgehead atoms. The number of nitrogens with zero attached hydrogens (tertiary/aromatic N) is 1. The van der Waals surface area contributed by atoms with Crippen molar-refractivity contribution in [1.82, 2.24) is 4.98 Å². The lowest BCUT2D eigenvalue weighted by molar-refractivity contribution is 0.654. The first-order valence-corrected chi connectivity index (χ1v) is 19.3. The molecule has 3 aliphatic rings. The van der Waals surface area contributed by atoms with Gasteiger partial charge in [-0.15, -0.1) is 0 Å². The van der Waals surface area contributed by atoms with Gasteiger partial charge in [-0.25, -0.2) is 4.98 Å². The van der Waals surface area contributed by atoms with Crippen LogP contribution in [0.1, 0.15) is 47.2 Å². The Morgan fingerprint density at radius 1 is 0.358 bits per heavy atom. The molecule has 0 fully saturated rings. The molecule has 0 N–H and O–H groups in total. The van der Waals surface area contributed by atoms with E-state index in [9.17, 15) is 0 Å². The second-order valence-electron chi connectivity index (χ2n) is 15.1. The van der Waals surface area contributed by atoms with E-state index >= 15 is 0 Å². The summed E-state index contributed by atoms with van der Waals surface area (Å²) in [5.41, 5.74) is 19.6. The summed E-state index contributed by atoms with van der Waals surface area (Å²) in [5.74, 6) is 0. The third-order valence-corrected chi connectivity index (χ3v) is 13.1. The van der Waals surface area contributed by atoms with Gasteiger partial charge >= 0.3 is 0 Å². The van der Waals surface area contributed by atoms with E-state index in [1.807, 2.05) is 11.8 Å². The Labute approximate surface area is 315 Å². The Hall–Kier alpha value is -5.96. The zero-order valence-electron chi connectivity index (χ0n) is 29.6. The van der Waals surface area contributed by atoms with Crippen molar-refractivity contribution in [2.45, 2.75) is 34.5 Å². The highest BCUT2D eigenvalue weighted by atomic mass is 32.2. The van der Waals surface area contributed by atoms with Gasteiger partial charge in [-0.1, -0.05) is 165 Å². The van der Waals surface area contributed by atoms with Crippen molar-refractivity contribution in [3.05, 3.63) is 209 Å². The fourth-order valence-corrected chi connectivity index (χ4v) is 10.7. The van der Waals surface area contributed by atoms with E-state index in [0.717, 1.165) is 22.5 Å². The van der Waals surface area contributed by atoms with Crippen molar-refractivity contribution in [3.63, 3.8) is 0 Å². The van der Waals surface area contributed by atoms with Gasteiger partial charge < -0.3 is 0 Å². The number of rotatable bonds is 3. The normalized spacial score (nSPS) is 14.8. The molecular weight excluding hydrogens is 659 g/mol. The molecule has 2 aliphatic carbocycles. The third kappa shape index (κ3) is 4.30. The predicted octanol–water partition coefficient (Wildman–Crippen LogP) is 13.2. The average molecular weight is 694 g/mol. The largest absolute Gasteiger partial charge is 0.248 e. The highest BCUT2D eigenvalue weighted by Crippen LogP contribution is 2.64. The summed E-state index contributed by atoms with van der Waals surface area (Å²) in [6.45, 7) is 4.78.